The number of rotatable bonds is 5. The molecule has 1 saturated carbocycles. The molecule has 17 heavy (non-hydrogen) atoms. The SMILES string of the molecule is CC1CCC(NCCN=[N+]=[N-])(C(=O)O)CC1C. The summed E-state index contributed by atoms with van der Waals surface area (Å²) in [5, 5.41) is 15.8. The van der Waals surface area contributed by atoms with Gasteiger partial charge in [0, 0.05) is 18.0 Å². The van der Waals surface area contributed by atoms with Crippen LogP contribution >= 0.6 is 0 Å². The molecule has 0 heterocycles. The summed E-state index contributed by atoms with van der Waals surface area (Å²) < 4.78 is 0. The predicted molar refractivity (Wildman–Crippen MR) is 64.6 cm³/mol. The first-order chi connectivity index (χ1) is 8.02. The van der Waals surface area contributed by atoms with Crippen molar-refractivity contribution in [3.8, 4) is 0 Å². The van der Waals surface area contributed by atoms with Gasteiger partial charge in [0.25, 0.3) is 0 Å². The molecule has 0 aromatic heterocycles. The zero-order valence-corrected chi connectivity index (χ0v) is 10.4. The van der Waals surface area contributed by atoms with E-state index in [9.17, 15) is 9.90 Å². The van der Waals surface area contributed by atoms with Gasteiger partial charge >= 0.3 is 5.97 Å². The lowest BCUT2D eigenvalue weighted by Crippen LogP contribution is -2.56. The van der Waals surface area contributed by atoms with Gasteiger partial charge in [0.1, 0.15) is 5.54 Å². The van der Waals surface area contributed by atoms with Crippen molar-refractivity contribution in [3.05, 3.63) is 10.4 Å². The zero-order chi connectivity index (χ0) is 12.9. The van der Waals surface area contributed by atoms with Crippen LogP contribution in [-0.2, 0) is 4.79 Å². The average Bonchev–Trinajstić information content (AvgIpc) is 2.29. The third-order valence-corrected chi connectivity index (χ3v) is 3.82. The van der Waals surface area contributed by atoms with Crippen molar-refractivity contribution < 1.29 is 9.90 Å². The van der Waals surface area contributed by atoms with E-state index in [-0.39, 0.29) is 6.54 Å². The molecule has 0 bridgehead atoms. The molecule has 2 N–H and O–H groups in total. The highest BCUT2D eigenvalue weighted by Gasteiger charge is 2.43. The molecule has 0 amide bonds. The zero-order valence-electron chi connectivity index (χ0n) is 10.4. The minimum absolute atomic E-state index is 0.287. The number of aliphatic carboxylic acids is 1. The van der Waals surface area contributed by atoms with Crippen LogP contribution < -0.4 is 5.32 Å². The van der Waals surface area contributed by atoms with E-state index in [0.717, 1.165) is 6.42 Å². The van der Waals surface area contributed by atoms with E-state index in [1.165, 1.54) is 0 Å². The van der Waals surface area contributed by atoms with E-state index in [0.29, 0.717) is 31.2 Å². The van der Waals surface area contributed by atoms with Gasteiger partial charge in [-0.15, -0.1) is 0 Å². The first-order valence-corrected chi connectivity index (χ1v) is 6.01. The van der Waals surface area contributed by atoms with Crippen molar-refractivity contribution in [2.45, 2.75) is 38.6 Å². The Bertz CT molecular complexity index is 327. The van der Waals surface area contributed by atoms with Crippen LogP contribution in [0, 0.1) is 11.8 Å². The Labute approximate surface area is 101 Å². The summed E-state index contributed by atoms with van der Waals surface area (Å²) >= 11 is 0. The molecular weight excluding hydrogens is 220 g/mol. The second kappa shape index (κ2) is 5.89. The standard InChI is InChI=1S/C11H20N4O2/c1-8-3-4-11(10(16)17,7-9(8)2)13-5-6-14-15-12/h8-9,13H,3-7H2,1-2H3,(H,16,17). The number of nitrogens with zero attached hydrogens (tertiary/aromatic N) is 3. The number of azide groups is 1. The lowest BCUT2D eigenvalue weighted by molar-refractivity contribution is -0.147. The van der Waals surface area contributed by atoms with E-state index in [2.05, 4.69) is 29.2 Å². The minimum atomic E-state index is -0.836. The first-order valence-electron chi connectivity index (χ1n) is 6.01. The predicted octanol–water partition coefficient (Wildman–Crippen LogP) is 2.17. The van der Waals surface area contributed by atoms with Gasteiger partial charge in [-0.3, -0.25) is 4.79 Å². The number of hydrogen-bond acceptors (Lipinski definition) is 3. The van der Waals surface area contributed by atoms with Gasteiger partial charge in [0.2, 0.25) is 0 Å². The lowest BCUT2D eigenvalue weighted by atomic mass is 9.71. The molecule has 3 unspecified atom stereocenters. The molecule has 0 spiro atoms. The van der Waals surface area contributed by atoms with Crippen LogP contribution in [0.15, 0.2) is 5.11 Å². The average molecular weight is 240 g/mol. The van der Waals surface area contributed by atoms with Crippen molar-refractivity contribution in [2.24, 2.45) is 17.0 Å². The van der Waals surface area contributed by atoms with Crippen LogP contribution in [-0.4, -0.2) is 29.7 Å². The number of nitrogens with one attached hydrogen (secondary N) is 1. The van der Waals surface area contributed by atoms with Crippen molar-refractivity contribution in [2.75, 3.05) is 13.1 Å². The van der Waals surface area contributed by atoms with Crippen LogP contribution in [0.1, 0.15) is 33.1 Å². The largest absolute Gasteiger partial charge is 0.480 e. The summed E-state index contributed by atoms with van der Waals surface area (Å²) in [5.74, 6) is 0.172. The number of carbonyl (C=O) groups is 1. The molecule has 6 heteroatoms. The summed E-state index contributed by atoms with van der Waals surface area (Å²) in [6.45, 7) is 4.96. The fourth-order valence-corrected chi connectivity index (χ4v) is 2.43. The molecule has 0 aromatic carbocycles. The maximum Gasteiger partial charge on any atom is 0.323 e. The summed E-state index contributed by atoms with van der Waals surface area (Å²) in [6, 6.07) is 0. The summed E-state index contributed by atoms with van der Waals surface area (Å²) in [6.07, 6.45) is 2.20. The van der Waals surface area contributed by atoms with Gasteiger partial charge in [0.15, 0.2) is 0 Å². The van der Waals surface area contributed by atoms with E-state index < -0.39 is 11.5 Å². The fourth-order valence-electron chi connectivity index (χ4n) is 2.43. The lowest BCUT2D eigenvalue weighted by Gasteiger charge is -2.40. The Kier molecular flexibility index (Phi) is 4.78. The number of carboxylic acids is 1. The second-order valence-electron chi connectivity index (χ2n) is 4.97. The van der Waals surface area contributed by atoms with Crippen LogP contribution in [0.3, 0.4) is 0 Å². The van der Waals surface area contributed by atoms with Gasteiger partial charge in [0.05, 0.1) is 0 Å². The van der Waals surface area contributed by atoms with E-state index in [4.69, 9.17) is 5.53 Å². The van der Waals surface area contributed by atoms with Crippen molar-refractivity contribution >= 4 is 5.97 Å². The third kappa shape index (κ3) is 3.35. The van der Waals surface area contributed by atoms with Crippen molar-refractivity contribution in [3.63, 3.8) is 0 Å². The molecule has 0 saturated heterocycles. The smallest absolute Gasteiger partial charge is 0.323 e. The van der Waals surface area contributed by atoms with Gasteiger partial charge in [-0.2, -0.15) is 0 Å². The number of hydrogen-bond donors (Lipinski definition) is 2. The van der Waals surface area contributed by atoms with E-state index >= 15 is 0 Å². The van der Waals surface area contributed by atoms with Gasteiger partial charge in [-0.05, 0) is 36.6 Å². The molecule has 1 rings (SSSR count). The van der Waals surface area contributed by atoms with E-state index in [1.807, 2.05) is 0 Å². The van der Waals surface area contributed by atoms with Gasteiger partial charge in [-0.1, -0.05) is 19.0 Å². The van der Waals surface area contributed by atoms with Gasteiger partial charge < -0.3 is 10.4 Å². The normalized spacial score (nSPS) is 32.8. The van der Waals surface area contributed by atoms with Crippen molar-refractivity contribution in [1.29, 1.82) is 0 Å². The Morgan fingerprint density at radius 2 is 2.29 bits per heavy atom. The molecule has 1 aliphatic carbocycles. The summed E-state index contributed by atoms with van der Waals surface area (Å²) in [7, 11) is 0. The molecule has 3 atom stereocenters. The highest BCUT2D eigenvalue weighted by molar-refractivity contribution is 5.79. The molecular formula is C11H20N4O2. The van der Waals surface area contributed by atoms with Crippen LogP contribution in [0.5, 0.6) is 0 Å². The Morgan fingerprint density at radius 3 is 2.82 bits per heavy atom. The van der Waals surface area contributed by atoms with Crippen LogP contribution in [0.25, 0.3) is 10.4 Å². The van der Waals surface area contributed by atoms with Crippen LogP contribution in [0.2, 0.25) is 0 Å². The highest BCUT2D eigenvalue weighted by Crippen LogP contribution is 2.36. The van der Waals surface area contributed by atoms with Gasteiger partial charge in [-0.25, -0.2) is 0 Å². The van der Waals surface area contributed by atoms with Crippen LogP contribution in [0.4, 0.5) is 0 Å². The molecule has 1 fully saturated rings. The molecule has 1 aliphatic rings. The van der Waals surface area contributed by atoms with E-state index in [1.54, 1.807) is 0 Å². The second-order valence-corrected chi connectivity index (χ2v) is 4.97. The topological polar surface area (TPSA) is 98.1 Å². The molecule has 96 valence electrons. The quantitative estimate of drug-likeness (QED) is 0.333. The Morgan fingerprint density at radius 1 is 1.59 bits per heavy atom. The minimum Gasteiger partial charge on any atom is -0.480 e. The number of carboxylic acid groups (broad SMARTS) is 1. The molecule has 0 aliphatic heterocycles. The summed E-state index contributed by atoms with van der Waals surface area (Å²) in [4.78, 5) is 14.1. The maximum absolute atomic E-state index is 11.4. The monoisotopic (exact) mass is 240 g/mol. The first kappa shape index (κ1) is 13.8. The Hall–Kier alpha value is -1.26. The highest BCUT2D eigenvalue weighted by atomic mass is 16.4. The summed E-state index contributed by atoms with van der Waals surface area (Å²) in [5.41, 5.74) is 7.33. The molecule has 0 aromatic rings. The fraction of sp³-hybridized carbons (Fsp3) is 0.909. The van der Waals surface area contributed by atoms with Crippen molar-refractivity contribution in [1.82, 2.24) is 5.32 Å². The third-order valence-electron chi connectivity index (χ3n) is 3.82. The molecule has 0 radical (unpaired) electrons. The molecule has 6 nitrogen and oxygen atoms in total. The Balaban J connectivity index is 2.63. The maximum atomic E-state index is 11.4.